The van der Waals surface area contributed by atoms with Gasteiger partial charge in [0.15, 0.2) is 0 Å². The molecule has 4 aromatic rings. The number of benzene rings is 2. The second-order valence-corrected chi connectivity index (χ2v) is 9.98. The number of imidazole rings is 1. The third-order valence-corrected chi connectivity index (χ3v) is 7.86. The van der Waals surface area contributed by atoms with Crippen LogP contribution < -0.4 is 10.4 Å². The van der Waals surface area contributed by atoms with Crippen LogP contribution in [-0.4, -0.2) is 33.5 Å². The van der Waals surface area contributed by atoms with Gasteiger partial charge < -0.3 is 5.11 Å². The zero-order chi connectivity index (χ0) is 21.8. The Kier molecular flexibility index (Phi) is 4.56. The van der Waals surface area contributed by atoms with Crippen molar-refractivity contribution < 1.29 is 13.5 Å². The Bertz CT molecular complexity index is 1510. The van der Waals surface area contributed by atoms with E-state index in [4.69, 9.17) is 0 Å². The fourth-order valence-corrected chi connectivity index (χ4v) is 6.10. The molecule has 0 atom stereocenters. The maximum Gasteiger partial charge on any atom is 0.329 e. The zero-order valence-corrected chi connectivity index (χ0v) is 18.3. The SMILES string of the molecule is Cc1cccc2scc(Cn3c(=O)n(CCN4C=C(O)NS4(=O)=O)c4ccccc43)c12. The van der Waals surface area contributed by atoms with Gasteiger partial charge in [-0.05, 0) is 41.6 Å². The molecular formula is C21H20N4O4S2. The smallest absolute Gasteiger partial charge is 0.329 e. The third-order valence-electron chi connectivity index (χ3n) is 5.49. The van der Waals surface area contributed by atoms with Gasteiger partial charge >= 0.3 is 15.9 Å². The Hall–Kier alpha value is -3.24. The molecule has 5 rings (SSSR count). The number of para-hydroxylation sites is 2. The van der Waals surface area contributed by atoms with E-state index in [2.05, 4.69) is 24.4 Å². The highest BCUT2D eigenvalue weighted by Gasteiger charge is 2.27. The molecule has 2 aromatic heterocycles. The number of hydrogen-bond acceptors (Lipinski definition) is 5. The van der Waals surface area contributed by atoms with E-state index in [-0.39, 0.29) is 18.8 Å². The van der Waals surface area contributed by atoms with Gasteiger partial charge in [-0.1, -0.05) is 24.3 Å². The Morgan fingerprint density at radius 1 is 1.03 bits per heavy atom. The number of hydrogen-bond donors (Lipinski definition) is 2. The van der Waals surface area contributed by atoms with E-state index in [1.165, 1.54) is 15.6 Å². The van der Waals surface area contributed by atoms with Crippen molar-refractivity contribution in [2.45, 2.75) is 20.0 Å². The molecule has 10 heteroatoms. The molecule has 0 fully saturated rings. The van der Waals surface area contributed by atoms with Gasteiger partial charge in [-0.15, -0.1) is 11.3 Å². The van der Waals surface area contributed by atoms with Crippen LogP contribution in [0.5, 0.6) is 0 Å². The summed E-state index contributed by atoms with van der Waals surface area (Å²) in [4.78, 5) is 13.3. The molecule has 8 nitrogen and oxygen atoms in total. The molecule has 3 heterocycles. The van der Waals surface area contributed by atoms with Crippen LogP contribution in [0.2, 0.25) is 0 Å². The first kappa shape index (κ1) is 19.7. The van der Waals surface area contributed by atoms with Crippen molar-refractivity contribution in [2.24, 2.45) is 0 Å². The Balaban J connectivity index is 1.54. The fourth-order valence-electron chi connectivity index (χ4n) is 4.08. The second kappa shape index (κ2) is 7.17. The van der Waals surface area contributed by atoms with Gasteiger partial charge in [-0.2, -0.15) is 8.42 Å². The highest BCUT2D eigenvalue weighted by Crippen LogP contribution is 2.30. The average Bonchev–Trinajstić information content (AvgIpc) is 3.34. The van der Waals surface area contributed by atoms with Crippen molar-refractivity contribution in [2.75, 3.05) is 6.54 Å². The normalized spacial score (nSPS) is 15.5. The lowest BCUT2D eigenvalue weighted by Gasteiger charge is -2.13. The third kappa shape index (κ3) is 3.28. The number of aromatic nitrogens is 2. The van der Waals surface area contributed by atoms with Gasteiger partial charge in [0.1, 0.15) is 0 Å². The van der Waals surface area contributed by atoms with Crippen LogP contribution in [0.3, 0.4) is 0 Å². The van der Waals surface area contributed by atoms with Crippen molar-refractivity contribution in [3.8, 4) is 0 Å². The van der Waals surface area contributed by atoms with Crippen LogP contribution in [0.25, 0.3) is 21.1 Å². The summed E-state index contributed by atoms with van der Waals surface area (Å²) in [7, 11) is -3.82. The molecule has 160 valence electrons. The van der Waals surface area contributed by atoms with Crippen molar-refractivity contribution in [3.05, 3.63) is 81.5 Å². The largest absolute Gasteiger partial charge is 0.493 e. The molecule has 1 aliphatic rings. The molecule has 0 saturated carbocycles. The molecule has 2 N–H and O–H groups in total. The molecule has 0 bridgehead atoms. The average molecular weight is 457 g/mol. The van der Waals surface area contributed by atoms with Crippen molar-refractivity contribution in [3.63, 3.8) is 0 Å². The van der Waals surface area contributed by atoms with E-state index in [1.807, 2.05) is 35.1 Å². The summed E-state index contributed by atoms with van der Waals surface area (Å²) < 4.78 is 31.6. The summed E-state index contributed by atoms with van der Waals surface area (Å²) in [5.41, 5.74) is 3.58. The summed E-state index contributed by atoms with van der Waals surface area (Å²) in [6.45, 7) is 2.67. The Morgan fingerprint density at radius 3 is 2.48 bits per heavy atom. The number of thiophene rings is 1. The van der Waals surface area contributed by atoms with E-state index in [0.29, 0.717) is 6.54 Å². The minimum atomic E-state index is -3.82. The Labute approximate surface area is 182 Å². The van der Waals surface area contributed by atoms with E-state index in [1.54, 1.807) is 20.5 Å². The number of nitrogens with zero attached hydrogens (tertiary/aromatic N) is 3. The van der Waals surface area contributed by atoms with Gasteiger partial charge in [0.2, 0.25) is 5.88 Å². The van der Waals surface area contributed by atoms with Crippen molar-refractivity contribution >= 4 is 42.7 Å². The minimum Gasteiger partial charge on any atom is -0.493 e. The maximum absolute atomic E-state index is 13.3. The molecule has 31 heavy (non-hydrogen) atoms. The van der Waals surface area contributed by atoms with Crippen LogP contribution in [0.4, 0.5) is 0 Å². The summed E-state index contributed by atoms with van der Waals surface area (Å²) in [6.07, 6.45) is 1.11. The summed E-state index contributed by atoms with van der Waals surface area (Å²) in [6, 6.07) is 13.7. The molecular weight excluding hydrogens is 436 g/mol. The van der Waals surface area contributed by atoms with Crippen LogP contribution >= 0.6 is 11.3 Å². The van der Waals surface area contributed by atoms with E-state index in [0.717, 1.165) is 27.1 Å². The van der Waals surface area contributed by atoms with Crippen molar-refractivity contribution in [1.82, 2.24) is 18.2 Å². The van der Waals surface area contributed by atoms with E-state index >= 15 is 0 Å². The molecule has 0 spiro atoms. The first-order chi connectivity index (χ1) is 14.8. The first-order valence-electron chi connectivity index (χ1n) is 9.69. The quantitative estimate of drug-likeness (QED) is 0.483. The highest BCUT2D eigenvalue weighted by atomic mass is 32.2. The predicted molar refractivity (Wildman–Crippen MR) is 121 cm³/mol. The van der Waals surface area contributed by atoms with Crippen LogP contribution in [-0.2, 0) is 23.3 Å². The topological polar surface area (TPSA) is 96.6 Å². The fraction of sp³-hybridized carbons (Fsp3) is 0.190. The van der Waals surface area contributed by atoms with Gasteiger partial charge in [0, 0.05) is 16.6 Å². The maximum atomic E-state index is 13.3. The number of nitrogens with one attached hydrogen (secondary N) is 1. The lowest BCUT2D eigenvalue weighted by molar-refractivity contribution is 0.389. The molecule has 1 aliphatic heterocycles. The standard InChI is InChI=1S/C21H20N4O4S2/c1-14-5-4-8-18-20(14)15(13-30-18)11-25-17-7-3-2-6-16(17)24(21(25)27)10-9-23-12-19(26)22-31(23,28)29/h2-8,12-13,22,26H,9-11H2,1H3. The summed E-state index contributed by atoms with van der Waals surface area (Å²) >= 11 is 1.66. The van der Waals surface area contributed by atoms with E-state index < -0.39 is 16.1 Å². The van der Waals surface area contributed by atoms with E-state index in [9.17, 15) is 18.3 Å². The molecule has 0 saturated heterocycles. The number of aliphatic hydroxyl groups is 1. The van der Waals surface area contributed by atoms with Gasteiger partial charge in [-0.3, -0.25) is 13.4 Å². The molecule has 2 aromatic carbocycles. The molecule has 0 radical (unpaired) electrons. The summed E-state index contributed by atoms with van der Waals surface area (Å²) in [5, 5.41) is 12.7. The van der Waals surface area contributed by atoms with Crippen LogP contribution in [0, 0.1) is 6.92 Å². The monoisotopic (exact) mass is 456 g/mol. The Morgan fingerprint density at radius 2 is 1.77 bits per heavy atom. The van der Waals surface area contributed by atoms with Crippen molar-refractivity contribution in [1.29, 1.82) is 0 Å². The van der Waals surface area contributed by atoms with Crippen LogP contribution in [0.1, 0.15) is 11.1 Å². The zero-order valence-electron chi connectivity index (χ0n) is 16.6. The van der Waals surface area contributed by atoms with Gasteiger partial charge in [-0.25, -0.2) is 9.52 Å². The van der Waals surface area contributed by atoms with Gasteiger partial charge in [0.05, 0.1) is 30.3 Å². The minimum absolute atomic E-state index is 0.0216. The number of fused-ring (bicyclic) bond motifs is 2. The first-order valence-corrected chi connectivity index (χ1v) is 12.0. The second-order valence-electron chi connectivity index (χ2n) is 7.45. The lowest BCUT2D eigenvalue weighted by atomic mass is 10.1. The molecule has 0 aliphatic carbocycles. The van der Waals surface area contributed by atoms with Crippen LogP contribution in [0.15, 0.2) is 64.7 Å². The predicted octanol–water partition coefficient (Wildman–Crippen LogP) is 2.88. The summed E-state index contributed by atoms with van der Waals surface area (Å²) in [5.74, 6) is -0.436. The number of aryl methyl sites for hydroxylation is 1. The number of aliphatic hydroxyl groups excluding tert-OH is 1. The lowest BCUT2D eigenvalue weighted by Crippen LogP contribution is -2.34. The van der Waals surface area contributed by atoms with Gasteiger partial charge in [0.25, 0.3) is 0 Å². The molecule has 0 unspecified atom stereocenters. The number of rotatable bonds is 5. The highest BCUT2D eigenvalue weighted by molar-refractivity contribution is 7.87. The molecule has 0 amide bonds.